The molecule has 106 valence electrons. The minimum atomic E-state index is -0.802. The summed E-state index contributed by atoms with van der Waals surface area (Å²) >= 11 is 0. The summed E-state index contributed by atoms with van der Waals surface area (Å²) in [6, 6.07) is 5.21. The molecule has 0 aliphatic heterocycles. The zero-order valence-electron chi connectivity index (χ0n) is 11.3. The Morgan fingerprint density at radius 3 is 3.00 bits per heavy atom. The van der Waals surface area contributed by atoms with Gasteiger partial charge < -0.3 is 10.4 Å². The third-order valence-electron chi connectivity index (χ3n) is 2.93. The number of nitrogens with zero attached hydrogens (tertiary/aromatic N) is 2. The highest BCUT2D eigenvalue weighted by molar-refractivity contribution is 5.66. The minimum Gasteiger partial charge on any atom is -0.481 e. The summed E-state index contributed by atoms with van der Waals surface area (Å²) in [5.74, 6) is -0.802. The second-order valence-corrected chi connectivity index (χ2v) is 4.69. The lowest BCUT2D eigenvalue weighted by molar-refractivity contribution is -0.137. The number of aryl methyl sites for hydroxylation is 1. The standard InChI is InChI=1S/C14H17N3O3/c1-10-4-6-17-12(7-10)16-11(8-13(17)18)9-15-5-2-3-14(19)20/h4,6-8,15H,2-3,5,9H2,1H3,(H,19,20). The smallest absolute Gasteiger partial charge is 0.303 e. The van der Waals surface area contributed by atoms with Crippen LogP contribution in [0.5, 0.6) is 0 Å². The number of pyridine rings is 1. The molecule has 0 saturated carbocycles. The number of rotatable bonds is 6. The normalized spacial score (nSPS) is 10.8. The van der Waals surface area contributed by atoms with Crippen LogP contribution in [0.25, 0.3) is 5.65 Å². The maximum Gasteiger partial charge on any atom is 0.303 e. The molecule has 20 heavy (non-hydrogen) atoms. The Balaban J connectivity index is 2.04. The summed E-state index contributed by atoms with van der Waals surface area (Å²) in [5.41, 5.74) is 2.22. The number of hydrogen-bond acceptors (Lipinski definition) is 4. The van der Waals surface area contributed by atoms with Crippen LogP contribution in [-0.4, -0.2) is 27.0 Å². The molecule has 0 spiro atoms. The summed E-state index contributed by atoms with van der Waals surface area (Å²) in [7, 11) is 0. The Bertz CT molecular complexity index is 679. The second-order valence-electron chi connectivity index (χ2n) is 4.69. The second kappa shape index (κ2) is 6.29. The first-order valence-electron chi connectivity index (χ1n) is 6.48. The van der Waals surface area contributed by atoms with E-state index in [1.54, 1.807) is 6.20 Å². The lowest BCUT2D eigenvalue weighted by Gasteiger charge is -2.06. The maximum atomic E-state index is 11.9. The van der Waals surface area contributed by atoms with Gasteiger partial charge in [-0.2, -0.15) is 0 Å². The fraction of sp³-hybridized carbons (Fsp3) is 0.357. The van der Waals surface area contributed by atoms with Crippen molar-refractivity contribution in [1.29, 1.82) is 0 Å². The lowest BCUT2D eigenvalue weighted by Crippen LogP contribution is -2.21. The van der Waals surface area contributed by atoms with E-state index in [9.17, 15) is 9.59 Å². The van der Waals surface area contributed by atoms with Gasteiger partial charge in [-0.1, -0.05) is 0 Å². The van der Waals surface area contributed by atoms with Crippen molar-refractivity contribution >= 4 is 11.6 Å². The Hall–Kier alpha value is -2.21. The number of carbonyl (C=O) groups is 1. The van der Waals surface area contributed by atoms with E-state index in [2.05, 4.69) is 10.3 Å². The van der Waals surface area contributed by atoms with Crippen molar-refractivity contribution in [1.82, 2.24) is 14.7 Å². The molecule has 0 aliphatic rings. The van der Waals surface area contributed by atoms with Crippen LogP contribution < -0.4 is 10.9 Å². The van der Waals surface area contributed by atoms with Gasteiger partial charge in [-0.3, -0.25) is 14.0 Å². The van der Waals surface area contributed by atoms with E-state index < -0.39 is 5.97 Å². The van der Waals surface area contributed by atoms with E-state index in [1.807, 2.05) is 19.1 Å². The maximum absolute atomic E-state index is 11.9. The molecule has 0 radical (unpaired) electrons. The van der Waals surface area contributed by atoms with E-state index >= 15 is 0 Å². The molecule has 2 aromatic heterocycles. The molecule has 2 N–H and O–H groups in total. The quantitative estimate of drug-likeness (QED) is 0.767. The molecular formula is C14H17N3O3. The largest absolute Gasteiger partial charge is 0.481 e. The van der Waals surface area contributed by atoms with Crippen LogP contribution in [0.3, 0.4) is 0 Å². The van der Waals surface area contributed by atoms with Crippen LogP contribution in [0.4, 0.5) is 0 Å². The van der Waals surface area contributed by atoms with Gasteiger partial charge in [0.25, 0.3) is 5.56 Å². The van der Waals surface area contributed by atoms with Gasteiger partial charge in [0.1, 0.15) is 5.65 Å². The highest BCUT2D eigenvalue weighted by Crippen LogP contribution is 2.03. The Kier molecular flexibility index (Phi) is 4.47. The van der Waals surface area contributed by atoms with Gasteiger partial charge in [0.05, 0.1) is 5.69 Å². The Morgan fingerprint density at radius 1 is 1.45 bits per heavy atom. The molecule has 0 aliphatic carbocycles. The van der Waals surface area contributed by atoms with Gasteiger partial charge in [0.15, 0.2) is 0 Å². The summed E-state index contributed by atoms with van der Waals surface area (Å²) in [5, 5.41) is 11.6. The number of aliphatic carboxylic acids is 1. The average molecular weight is 275 g/mol. The molecule has 0 saturated heterocycles. The van der Waals surface area contributed by atoms with Crippen molar-refractivity contribution in [2.45, 2.75) is 26.3 Å². The van der Waals surface area contributed by atoms with E-state index in [-0.39, 0.29) is 12.0 Å². The summed E-state index contributed by atoms with van der Waals surface area (Å²) in [6.07, 6.45) is 2.41. The number of aromatic nitrogens is 2. The summed E-state index contributed by atoms with van der Waals surface area (Å²) < 4.78 is 1.50. The lowest BCUT2D eigenvalue weighted by atomic mass is 10.3. The molecular weight excluding hydrogens is 258 g/mol. The van der Waals surface area contributed by atoms with Crippen molar-refractivity contribution in [2.75, 3.05) is 6.54 Å². The van der Waals surface area contributed by atoms with Crippen LogP contribution in [0.15, 0.2) is 29.2 Å². The summed E-state index contributed by atoms with van der Waals surface area (Å²) in [6.45, 7) is 2.99. The van der Waals surface area contributed by atoms with Crippen LogP contribution in [0.2, 0.25) is 0 Å². The van der Waals surface area contributed by atoms with E-state index in [1.165, 1.54) is 10.5 Å². The van der Waals surface area contributed by atoms with E-state index in [0.29, 0.717) is 30.9 Å². The minimum absolute atomic E-state index is 0.114. The molecule has 2 rings (SSSR count). The van der Waals surface area contributed by atoms with Gasteiger partial charge in [0.2, 0.25) is 0 Å². The predicted molar refractivity (Wildman–Crippen MR) is 74.8 cm³/mol. The fourth-order valence-corrected chi connectivity index (χ4v) is 1.93. The number of hydrogen-bond donors (Lipinski definition) is 2. The monoisotopic (exact) mass is 275 g/mol. The van der Waals surface area contributed by atoms with Crippen LogP contribution in [0, 0.1) is 6.92 Å². The average Bonchev–Trinajstić information content (AvgIpc) is 2.37. The van der Waals surface area contributed by atoms with Crippen molar-refractivity contribution in [2.24, 2.45) is 0 Å². The molecule has 2 heterocycles. The first-order chi connectivity index (χ1) is 9.56. The third-order valence-corrected chi connectivity index (χ3v) is 2.93. The molecule has 6 nitrogen and oxygen atoms in total. The highest BCUT2D eigenvalue weighted by Gasteiger charge is 2.02. The molecule has 0 fully saturated rings. The molecule has 0 aromatic carbocycles. The molecule has 6 heteroatoms. The van der Waals surface area contributed by atoms with E-state index in [0.717, 1.165) is 5.56 Å². The van der Waals surface area contributed by atoms with Gasteiger partial charge in [-0.25, -0.2) is 4.98 Å². The molecule has 0 bridgehead atoms. The third kappa shape index (κ3) is 3.64. The first-order valence-corrected chi connectivity index (χ1v) is 6.48. The highest BCUT2D eigenvalue weighted by atomic mass is 16.4. The number of nitrogens with one attached hydrogen (secondary N) is 1. The van der Waals surface area contributed by atoms with E-state index in [4.69, 9.17) is 5.11 Å². The van der Waals surface area contributed by atoms with Crippen molar-refractivity contribution in [3.63, 3.8) is 0 Å². The Labute approximate surface area is 116 Å². The van der Waals surface area contributed by atoms with Crippen LogP contribution in [-0.2, 0) is 11.3 Å². The van der Waals surface area contributed by atoms with Gasteiger partial charge >= 0.3 is 5.97 Å². The Morgan fingerprint density at radius 2 is 2.25 bits per heavy atom. The predicted octanol–water partition coefficient (Wildman–Crippen LogP) is 0.957. The van der Waals surface area contributed by atoms with Crippen molar-refractivity contribution < 1.29 is 9.90 Å². The topological polar surface area (TPSA) is 83.7 Å². The van der Waals surface area contributed by atoms with Gasteiger partial charge in [0, 0.05) is 25.2 Å². The van der Waals surface area contributed by atoms with Gasteiger partial charge in [-0.05, 0) is 37.6 Å². The van der Waals surface area contributed by atoms with Gasteiger partial charge in [-0.15, -0.1) is 0 Å². The first kappa shape index (κ1) is 14.2. The molecule has 0 amide bonds. The molecule has 2 aromatic rings. The SMILES string of the molecule is Cc1ccn2c(=O)cc(CNCCCC(=O)O)nc2c1. The van der Waals surface area contributed by atoms with Crippen LogP contribution in [0.1, 0.15) is 24.1 Å². The summed E-state index contributed by atoms with van der Waals surface area (Å²) in [4.78, 5) is 26.7. The molecule has 0 atom stereocenters. The van der Waals surface area contributed by atoms with Crippen LogP contribution >= 0.6 is 0 Å². The van der Waals surface area contributed by atoms with Crippen molar-refractivity contribution in [3.05, 3.63) is 46.0 Å². The van der Waals surface area contributed by atoms with Crippen molar-refractivity contribution in [3.8, 4) is 0 Å². The number of fused-ring (bicyclic) bond motifs is 1. The number of carboxylic acids is 1. The number of carboxylic acid groups (broad SMARTS) is 1. The zero-order chi connectivity index (χ0) is 14.5. The zero-order valence-corrected chi connectivity index (χ0v) is 11.3. The fourth-order valence-electron chi connectivity index (χ4n) is 1.93. The molecule has 0 unspecified atom stereocenters.